The van der Waals surface area contributed by atoms with Crippen LogP contribution in [-0.4, -0.2) is 24.1 Å². The van der Waals surface area contributed by atoms with Gasteiger partial charge in [0.05, 0.1) is 21.7 Å². The van der Waals surface area contributed by atoms with Gasteiger partial charge < -0.3 is 0 Å². The fraction of sp³-hybridized carbons (Fsp3) is 0.182. The van der Waals surface area contributed by atoms with Gasteiger partial charge in [-0.2, -0.15) is 0 Å². The Balaban J connectivity index is 1.98. The lowest BCUT2D eigenvalue weighted by Gasteiger charge is -2.12. The molecule has 30 heavy (non-hydrogen) atoms. The molecule has 1 atom stereocenters. The lowest BCUT2D eigenvalue weighted by molar-refractivity contribution is 0.510. The van der Waals surface area contributed by atoms with E-state index in [4.69, 9.17) is 21.6 Å². The average molecular weight is 422 g/mol. The van der Waals surface area contributed by atoms with E-state index in [2.05, 4.69) is 4.98 Å². The molecule has 0 fully saturated rings. The van der Waals surface area contributed by atoms with Crippen molar-refractivity contribution in [2.45, 2.75) is 26.3 Å². The van der Waals surface area contributed by atoms with Gasteiger partial charge in [-0.3, -0.25) is 13.9 Å². The lowest BCUT2D eigenvalue weighted by atomic mass is 10.2. The number of halogens is 2. The Hall–Kier alpha value is -3.32. The van der Waals surface area contributed by atoms with Crippen molar-refractivity contribution in [1.29, 1.82) is 0 Å². The Bertz CT molecular complexity index is 1510. The van der Waals surface area contributed by atoms with Crippen molar-refractivity contribution in [3.63, 3.8) is 0 Å². The fourth-order valence-electron chi connectivity index (χ4n) is 3.63. The molecule has 0 bridgehead atoms. The molecule has 0 saturated heterocycles. The molecule has 0 N–H and O–H groups in total. The van der Waals surface area contributed by atoms with Crippen molar-refractivity contribution < 1.29 is 4.39 Å². The molecule has 0 saturated carbocycles. The van der Waals surface area contributed by atoms with Crippen LogP contribution in [0.1, 0.15) is 26.3 Å². The first-order valence-corrected chi connectivity index (χ1v) is 10.0. The summed E-state index contributed by atoms with van der Waals surface area (Å²) >= 11 is 6.03. The first-order valence-electron chi connectivity index (χ1n) is 9.63. The highest BCUT2D eigenvalue weighted by molar-refractivity contribution is 6.31. The highest BCUT2D eigenvalue weighted by Gasteiger charge is 2.22. The number of para-hydroxylation sites is 2. The van der Waals surface area contributed by atoms with Gasteiger partial charge in [0.15, 0.2) is 11.3 Å². The van der Waals surface area contributed by atoms with E-state index in [1.54, 1.807) is 21.5 Å². The van der Waals surface area contributed by atoms with Crippen molar-refractivity contribution in [3.05, 3.63) is 70.0 Å². The molecule has 0 unspecified atom stereocenters. The molecule has 5 aromatic rings. The summed E-state index contributed by atoms with van der Waals surface area (Å²) in [6, 6.07) is 11.8. The van der Waals surface area contributed by atoms with Crippen LogP contribution in [0.3, 0.4) is 0 Å². The van der Waals surface area contributed by atoms with E-state index in [0.29, 0.717) is 38.9 Å². The standard InChI is InChI=1S/C22H17ClFN5O/c1-3-12(2)28-11-25-20-18(22(28)30)19-21(27-17-7-5-4-6-16(17)26-19)29(20)13-8-9-15(24)14(23)10-13/h4-12H,3H2,1-2H3/t12-/m0/s1. The number of fused-ring (bicyclic) bond motifs is 4. The minimum absolute atomic E-state index is 0.0125. The minimum atomic E-state index is -0.523. The molecular weight excluding hydrogens is 405 g/mol. The van der Waals surface area contributed by atoms with Crippen LogP contribution >= 0.6 is 11.6 Å². The third-order valence-electron chi connectivity index (χ3n) is 5.42. The van der Waals surface area contributed by atoms with Crippen LogP contribution < -0.4 is 5.56 Å². The zero-order valence-electron chi connectivity index (χ0n) is 16.3. The number of hydrogen-bond acceptors (Lipinski definition) is 4. The maximum atomic E-state index is 13.8. The fourth-order valence-corrected chi connectivity index (χ4v) is 3.80. The van der Waals surface area contributed by atoms with Crippen LogP contribution in [0.4, 0.5) is 4.39 Å². The molecule has 8 heteroatoms. The molecule has 0 aliphatic carbocycles. The van der Waals surface area contributed by atoms with Gasteiger partial charge in [0.25, 0.3) is 5.56 Å². The molecule has 6 nitrogen and oxygen atoms in total. The smallest absolute Gasteiger partial charge is 0.265 e. The topological polar surface area (TPSA) is 65.6 Å². The van der Waals surface area contributed by atoms with Crippen molar-refractivity contribution in [2.24, 2.45) is 0 Å². The van der Waals surface area contributed by atoms with Crippen molar-refractivity contribution >= 4 is 44.8 Å². The van der Waals surface area contributed by atoms with E-state index in [-0.39, 0.29) is 16.6 Å². The van der Waals surface area contributed by atoms with Gasteiger partial charge in [-0.25, -0.2) is 19.3 Å². The number of rotatable bonds is 3. The molecule has 3 aromatic heterocycles. The largest absolute Gasteiger partial charge is 0.296 e. The summed E-state index contributed by atoms with van der Waals surface area (Å²) in [6.07, 6.45) is 2.33. The van der Waals surface area contributed by atoms with Crippen LogP contribution in [-0.2, 0) is 0 Å². The Kier molecular flexibility index (Phi) is 4.29. The monoisotopic (exact) mass is 421 g/mol. The van der Waals surface area contributed by atoms with Gasteiger partial charge in [0.2, 0.25) is 0 Å². The Morgan fingerprint density at radius 3 is 2.53 bits per heavy atom. The van der Waals surface area contributed by atoms with Gasteiger partial charge >= 0.3 is 0 Å². The zero-order valence-corrected chi connectivity index (χ0v) is 17.1. The second-order valence-electron chi connectivity index (χ2n) is 7.23. The van der Waals surface area contributed by atoms with E-state index in [9.17, 15) is 9.18 Å². The van der Waals surface area contributed by atoms with Crippen LogP contribution in [0.15, 0.2) is 53.6 Å². The van der Waals surface area contributed by atoms with Crippen molar-refractivity contribution in [3.8, 4) is 5.69 Å². The Morgan fingerprint density at radius 1 is 1.10 bits per heavy atom. The van der Waals surface area contributed by atoms with Crippen LogP contribution in [0, 0.1) is 5.82 Å². The second kappa shape index (κ2) is 6.88. The summed E-state index contributed by atoms with van der Waals surface area (Å²) in [6.45, 7) is 3.98. The van der Waals surface area contributed by atoms with Gasteiger partial charge in [0.1, 0.15) is 23.0 Å². The van der Waals surface area contributed by atoms with E-state index in [1.165, 1.54) is 12.1 Å². The Labute approximate surface area is 175 Å². The van der Waals surface area contributed by atoms with Crippen LogP contribution in [0.2, 0.25) is 5.02 Å². The van der Waals surface area contributed by atoms with Crippen LogP contribution in [0.25, 0.3) is 38.9 Å². The quantitative estimate of drug-likeness (QED) is 0.409. The molecule has 0 aliphatic heterocycles. The van der Waals surface area contributed by atoms with Gasteiger partial charge in [-0.1, -0.05) is 30.7 Å². The third-order valence-corrected chi connectivity index (χ3v) is 5.71. The first-order chi connectivity index (χ1) is 14.5. The highest BCUT2D eigenvalue weighted by Crippen LogP contribution is 2.30. The first kappa shape index (κ1) is 18.7. The molecule has 0 aliphatic rings. The number of nitrogens with zero attached hydrogens (tertiary/aromatic N) is 5. The van der Waals surface area contributed by atoms with E-state index in [1.807, 2.05) is 38.1 Å². The van der Waals surface area contributed by atoms with Crippen molar-refractivity contribution in [1.82, 2.24) is 24.1 Å². The third kappa shape index (κ3) is 2.69. The molecule has 5 rings (SSSR count). The molecule has 0 amide bonds. The molecular formula is C22H17ClFN5O. The summed E-state index contributed by atoms with van der Waals surface area (Å²) in [5, 5.41) is 0.357. The maximum Gasteiger partial charge on any atom is 0.265 e. The zero-order chi connectivity index (χ0) is 21.0. The van der Waals surface area contributed by atoms with Gasteiger partial charge in [-0.05, 0) is 43.7 Å². The molecule has 0 spiro atoms. The summed E-state index contributed by atoms with van der Waals surface area (Å²) in [4.78, 5) is 27.5. The molecule has 3 heterocycles. The van der Waals surface area contributed by atoms with E-state index >= 15 is 0 Å². The predicted molar refractivity (Wildman–Crippen MR) is 116 cm³/mol. The van der Waals surface area contributed by atoms with Gasteiger partial charge in [0, 0.05) is 6.04 Å². The summed E-state index contributed by atoms with van der Waals surface area (Å²) in [7, 11) is 0. The number of benzene rings is 2. The van der Waals surface area contributed by atoms with E-state index in [0.717, 1.165) is 6.42 Å². The predicted octanol–water partition coefficient (Wildman–Crippen LogP) is 5.05. The SMILES string of the molecule is CC[C@H](C)n1cnc2c(c1=O)c1nc3ccccc3nc1n2-c1ccc(F)c(Cl)c1. The molecule has 0 radical (unpaired) electrons. The van der Waals surface area contributed by atoms with E-state index < -0.39 is 5.82 Å². The van der Waals surface area contributed by atoms with Crippen LogP contribution in [0.5, 0.6) is 0 Å². The maximum absolute atomic E-state index is 13.8. The lowest BCUT2D eigenvalue weighted by Crippen LogP contribution is -2.23. The Morgan fingerprint density at radius 2 is 1.83 bits per heavy atom. The van der Waals surface area contributed by atoms with Crippen molar-refractivity contribution in [2.75, 3.05) is 0 Å². The minimum Gasteiger partial charge on any atom is -0.296 e. The second-order valence-corrected chi connectivity index (χ2v) is 7.64. The normalized spacial score (nSPS) is 12.8. The average Bonchev–Trinajstić information content (AvgIpc) is 3.07. The number of hydrogen-bond donors (Lipinski definition) is 0. The summed E-state index contributed by atoms with van der Waals surface area (Å²) < 4.78 is 17.1. The molecule has 150 valence electrons. The highest BCUT2D eigenvalue weighted by atomic mass is 35.5. The summed E-state index contributed by atoms with van der Waals surface area (Å²) in [5.74, 6) is -0.523. The molecule has 2 aromatic carbocycles. The number of aromatic nitrogens is 5. The summed E-state index contributed by atoms with van der Waals surface area (Å²) in [5.41, 5.74) is 3.07. The van der Waals surface area contributed by atoms with Gasteiger partial charge in [-0.15, -0.1) is 0 Å².